The Kier molecular flexibility index (Phi) is 6.06. The predicted octanol–water partition coefficient (Wildman–Crippen LogP) is 3.33. The molecule has 5 rings (SSSR count). The summed E-state index contributed by atoms with van der Waals surface area (Å²) in [5.41, 5.74) is 2.31. The van der Waals surface area contributed by atoms with Gasteiger partial charge in [-0.3, -0.25) is 0 Å². The normalized spacial score (nSPS) is 18.2. The average Bonchev–Trinajstić information content (AvgIpc) is 3.33. The second kappa shape index (κ2) is 9.30. The van der Waals surface area contributed by atoms with Crippen LogP contribution in [-0.2, 0) is 6.54 Å². The number of nitrogens with zero attached hydrogens (tertiary/aromatic N) is 4. The van der Waals surface area contributed by atoms with Crippen LogP contribution >= 0.6 is 0 Å². The van der Waals surface area contributed by atoms with Crippen molar-refractivity contribution in [2.45, 2.75) is 25.1 Å². The number of nitrogens with one attached hydrogen (secondary N) is 2. The quantitative estimate of drug-likeness (QED) is 0.428. The van der Waals surface area contributed by atoms with Crippen molar-refractivity contribution in [3.8, 4) is 17.2 Å². The molecule has 2 unspecified atom stereocenters. The van der Waals surface area contributed by atoms with Crippen LogP contribution in [0.1, 0.15) is 23.7 Å². The molecule has 1 saturated heterocycles. The first-order valence-electron chi connectivity index (χ1n) is 11.1. The van der Waals surface area contributed by atoms with Gasteiger partial charge in [0.15, 0.2) is 11.5 Å². The molecule has 4 aromatic rings. The van der Waals surface area contributed by atoms with Gasteiger partial charge in [0.1, 0.15) is 23.4 Å². The number of ether oxygens (including phenoxy) is 3. The molecule has 2 atom stereocenters. The number of aromatic nitrogens is 4. The summed E-state index contributed by atoms with van der Waals surface area (Å²) in [4.78, 5) is 9.61. The molecule has 1 aliphatic heterocycles. The van der Waals surface area contributed by atoms with Crippen molar-refractivity contribution in [1.29, 1.82) is 0 Å². The number of methoxy groups -OCH3 is 3. The highest BCUT2D eigenvalue weighted by Crippen LogP contribution is 2.29. The van der Waals surface area contributed by atoms with E-state index >= 15 is 0 Å². The summed E-state index contributed by atoms with van der Waals surface area (Å²) in [6.07, 6.45) is -0.515. The summed E-state index contributed by atoms with van der Waals surface area (Å²) < 4.78 is 31.9. The molecule has 178 valence electrons. The second-order valence-corrected chi connectivity index (χ2v) is 8.24. The molecular weight excluding hydrogens is 439 g/mol. The molecule has 0 spiro atoms. The maximum absolute atomic E-state index is 14.0. The monoisotopic (exact) mass is 466 g/mol. The van der Waals surface area contributed by atoms with Crippen LogP contribution in [0.25, 0.3) is 16.6 Å². The minimum atomic E-state index is -0.912. The lowest BCUT2D eigenvalue weighted by Gasteiger charge is -2.23. The molecular formula is C24H27FN6O3. The van der Waals surface area contributed by atoms with E-state index in [0.717, 1.165) is 16.5 Å². The molecule has 2 aromatic heterocycles. The van der Waals surface area contributed by atoms with Crippen LogP contribution in [0.2, 0.25) is 0 Å². The fourth-order valence-corrected chi connectivity index (χ4v) is 4.28. The van der Waals surface area contributed by atoms with Gasteiger partial charge in [0.05, 0.1) is 26.8 Å². The van der Waals surface area contributed by atoms with Crippen LogP contribution < -0.4 is 24.8 Å². The predicted molar refractivity (Wildman–Crippen MR) is 127 cm³/mol. The Bertz CT molecular complexity index is 1330. The summed E-state index contributed by atoms with van der Waals surface area (Å²) in [5.74, 6) is 3.13. The van der Waals surface area contributed by atoms with Gasteiger partial charge in [-0.1, -0.05) is 0 Å². The van der Waals surface area contributed by atoms with Gasteiger partial charge in [-0.15, -0.1) is 5.10 Å². The standard InChI is InChI=1S/C24H27FN6O3/c1-32-17-6-7-19-20(9-17)28-24(27-12-14-4-5-18(33-2)10-21(14)34-3)31-23(19)29-22(30-31)15-8-16(25)13-26-11-15/h4-7,9-10,15-16,26H,8,11-13H2,1-3H3,(H,27,28). The highest BCUT2D eigenvalue weighted by molar-refractivity contribution is 5.93. The number of alkyl halides is 1. The van der Waals surface area contributed by atoms with Gasteiger partial charge in [-0.05, 0) is 30.7 Å². The highest BCUT2D eigenvalue weighted by Gasteiger charge is 2.27. The molecule has 2 N–H and O–H groups in total. The van der Waals surface area contributed by atoms with E-state index in [1.807, 2.05) is 36.4 Å². The minimum absolute atomic E-state index is 0.105. The van der Waals surface area contributed by atoms with Crippen LogP contribution in [0.3, 0.4) is 0 Å². The molecule has 0 amide bonds. The molecule has 10 heteroatoms. The molecule has 9 nitrogen and oxygen atoms in total. The van der Waals surface area contributed by atoms with Crippen LogP contribution in [0.5, 0.6) is 17.2 Å². The molecule has 1 fully saturated rings. The van der Waals surface area contributed by atoms with Crippen molar-refractivity contribution in [2.24, 2.45) is 0 Å². The molecule has 2 aromatic carbocycles. The third-order valence-corrected chi connectivity index (χ3v) is 6.09. The van der Waals surface area contributed by atoms with Crippen LogP contribution in [-0.4, -0.2) is 60.2 Å². The van der Waals surface area contributed by atoms with Crippen molar-refractivity contribution in [1.82, 2.24) is 24.9 Å². The average molecular weight is 467 g/mol. The molecule has 1 aliphatic rings. The first-order valence-corrected chi connectivity index (χ1v) is 11.1. The van der Waals surface area contributed by atoms with Crippen molar-refractivity contribution in [2.75, 3.05) is 39.7 Å². The van der Waals surface area contributed by atoms with Gasteiger partial charge in [0.2, 0.25) is 5.95 Å². The number of hydrogen-bond acceptors (Lipinski definition) is 8. The molecule has 0 saturated carbocycles. The zero-order valence-corrected chi connectivity index (χ0v) is 19.3. The summed E-state index contributed by atoms with van der Waals surface area (Å²) in [7, 11) is 4.86. The summed E-state index contributed by atoms with van der Waals surface area (Å²) in [6, 6.07) is 11.3. The molecule has 0 radical (unpaired) electrons. The van der Waals surface area contributed by atoms with E-state index in [0.29, 0.717) is 60.7 Å². The Morgan fingerprint density at radius 2 is 1.82 bits per heavy atom. The Hall–Kier alpha value is -3.66. The van der Waals surface area contributed by atoms with Crippen LogP contribution in [0.4, 0.5) is 10.3 Å². The summed E-state index contributed by atoms with van der Waals surface area (Å²) in [5, 5.41) is 12.1. The molecule has 34 heavy (non-hydrogen) atoms. The zero-order chi connectivity index (χ0) is 23.7. The summed E-state index contributed by atoms with van der Waals surface area (Å²) >= 11 is 0. The fraction of sp³-hybridized carbons (Fsp3) is 0.375. The lowest BCUT2D eigenvalue weighted by atomic mass is 9.98. The van der Waals surface area contributed by atoms with Gasteiger partial charge in [-0.25, -0.2) is 14.4 Å². The minimum Gasteiger partial charge on any atom is -0.497 e. The maximum Gasteiger partial charge on any atom is 0.226 e. The smallest absolute Gasteiger partial charge is 0.226 e. The molecule has 0 bridgehead atoms. The third kappa shape index (κ3) is 4.16. The van der Waals surface area contributed by atoms with E-state index in [4.69, 9.17) is 29.3 Å². The largest absolute Gasteiger partial charge is 0.497 e. The number of anilines is 1. The number of halogens is 1. The first-order chi connectivity index (χ1) is 16.6. The molecule has 0 aliphatic carbocycles. The van der Waals surface area contributed by atoms with Crippen molar-refractivity contribution in [3.63, 3.8) is 0 Å². The van der Waals surface area contributed by atoms with Gasteiger partial charge in [0, 0.05) is 48.6 Å². The highest BCUT2D eigenvalue weighted by atomic mass is 19.1. The van der Waals surface area contributed by atoms with Gasteiger partial charge in [0.25, 0.3) is 0 Å². The number of rotatable bonds is 7. The van der Waals surface area contributed by atoms with E-state index < -0.39 is 6.17 Å². The Morgan fingerprint density at radius 3 is 2.59 bits per heavy atom. The Morgan fingerprint density at radius 1 is 1.03 bits per heavy atom. The first kappa shape index (κ1) is 22.1. The number of benzene rings is 2. The Balaban J connectivity index is 1.56. The lowest BCUT2D eigenvalue weighted by molar-refractivity contribution is 0.243. The van der Waals surface area contributed by atoms with Crippen molar-refractivity contribution in [3.05, 3.63) is 47.8 Å². The topological polar surface area (TPSA) is 94.8 Å². The van der Waals surface area contributed by atoms with E-state index in [-0.39, 0.29) is 5.92 Å². The number of hydrogen-bond donors (Lipinski definition) is 2. The second-order valence-electron chi connectivity index (χ2n) is 8.24. The molecule has 3 heterocycles. The Labute approximate surface area is 196 Å². The van der Waals surface area contributed by atoms with E-state index in [1.165, 1.54) is 0 Å². The van der Waals surface area contributed by atoms with E-state index in [2.05, 4.69) is 10.6 Å². The van der Waals surface area contributed by atoms with Gasteiger partial charge < -0.3 is 24.8 Å². The fourth-order valence-electron chi connectivity index (χ4n) is 4.28. The van der Waals surface area contributed by atoms with Crippen molar-refractivity contribution < 1.29 is 18.6 Å². The van der Waals surface area contributed by atoms with E-state index in [1.54, 1.807) is 25.8 Å². The SMILES string of the molecule is COc1ccc(CNc2nc3cc(OC)ccc3c3nc(C4CNCC(F)C4)nn23)c(OC)c1. The van der Waals surface area contributed by atoms with E-state index in [9.17, 15) is 4.39 Å². The number of fused-ring (bicyclic) bond motifs is 3. The number of piperidine rings is 1. The van der Waals surface area contributed by atoms with Crippen molar-refractivity contribution >= 4 is 22.5 Å². The van der Waals surface area contributed by atoms with Crippen LogP contribution in [0.15, 0.2) is 36.4 Å². The zero-order valence-electron chi connectivity index (χ0n) is 19.3. The van der Waals surface area contributed by atoms with Crippen LogP contribution in [0, 0.1) is 0 Å². The van der Waals surface area contributed by atoms with Gasteiger partial charge >= 0.3 is 0 Å². The third-order valence-electron chi connectivity index (χ3n) is 6.09. The van der Waals surface area contributed by atoms with Gasteiger partial charge in [-0.2, -0.15) is 4.52 Å². The lowest BCUT2D eigenvalue weighted by Crippen LogP contribution is -2.36. The maximum atomic E-state index is 14.0. The summed E-state index contributed by atoms with van der Waals surface area (Å²) in [6.45, 7) is 1.45.